The van der Waals surface area contributed by atoms with E-state index in [0.717, 1.165) is 12.6 Å². The van der Waals surface area contributed by atoms with Crippen LogP contribution in [0.3, 0.4) is 0 Å². The van der Waals surface area contributed by atoms with Crippen molar-refractivity contribution in [2.45, 2.75) is 77.4 Å². The monoisotopic (exact) mass is 251 g/mol. The molecule has 3 aliphatic carbocycles. The Balaban J connectivity index is 1.56. The summed E-state index contributed by atoms with van der Waals surface area (Å²) in [5.41, 5.74) is 1.19. The van der Waals surface area contributed by atoms with Gasteiger partial charge in [-0.05, 0) is 50.9 Å². The highest BCUT2D eigenvalue weighted by molar-refractivity contribution is 5.11. The van der Waals surface area contributed by atoms with Gasteiger partial charge in [0, 0.05) is 24.6 Å². The molecule has 3 saturated carbocycles. The molecule has 0 radical (unpaired) electrons. The molecular formula is C16H29NO. The first-order valence-electron chi connectivity index (χ1n) is 8.10. The fraction of sp³-hybridized carbons (Fsp3) is 1.00. The summed E-state index contributed by atoms with van der Waals surface area (Å²) in [5.74, 6) is 0. The average molecular weight is 251 g/mol. The first-order chi connectivity index (χ1) is 8.75. The molecule has 3 rings (SSSR count). The van der Waals surface area contributed by atoms with Crippen molar-refractivity contribution in [3.63, 3.8) is 0 Å². The lowest BCUT2D eigenvalue weighted by Gasteiger charge is -2.54. The summed E-state index contributed by atoms with van der Waals surface area (Å²) in [6.45, 7) is 6.64. The summed E-state index contributed by atoms with van der Waals surface area (Å²) in [6, 6.07) is 0.751. The summed E-state index contributed by atoms with van der Waals surface area (Å²) >= 11 is 0. The van der Waals surface area contributed by atoms with Gasteiger partial charge in [-0.1, -0.05) is 19.8 Å². The van der Waals surface area contributed by atoms with E-state index in [2.05, 4.69) is 19.2 Å². The third-order valence-corrected chi connectivity index (χ3v) is 6.12. The smallest absolute Gasteiger partial charge is 0.0661 e. The van der Waals surface area contributed by atoms with Gasteiger partial charge in [0.05, 0.1) is 6.10 Å². The van der Waals surface area contributed by atoms with E-state index in [1.165, 1.54) is 57.9 Å². The van der Waals surface area contributed by atoms with Crippen molar-refractivity contribution >= 4 is 0 Å². The zero-order valence-electron chi connectivity index (χ0n) is 12.1. The van der Waals surface area contributed by atoms with E-state index >= 15 is 0 Å². The highest BCUT2D eigenvalue weighted by Gasteiger charge is 2.57. The Morgan fingerprint density at radius 2 is 1.83 bits per heavy atom. The summed E-state index contributed by atoms with van der Waals surface area (Å²) in [5, 5.41) is 3.91. The second-order valence-corrected chi connectivity index (χ2v) is 6.91. The molecule has 0 amide bonds. The minimum atomic E-state index is 0.514. The Morgan fingerprint density at radius 3 is 2.39 bits per heavy atom. The standard InChI is InChI=1S/C16H29NO/c1-3-15(9-10-15)12-17-13-11-14(18-4-2)16(13)7-5-6-8-16/h13-14,17H,3-12H2,1-2H3. The first-order valence-corrected chi connectivity index (χ1v) is 8.10. The third-order valence-electron chi connectivity index (χ3n) is 6.12. The number of hydrogen-bond acceptors (Lipinski definition) is 2. The normalized spacial score (nSPS) is 35.7. The molecule has 2 atom stereocenters. The fourth-order valence-electron chi connectivity index (χ4n) is 4.34. The molecule has 0 saturated heterocycles. The lowest BCUT2D eigenvalue weighted by atomic mass is 9.60. The van der Waals surface area contributed by atoms with Gasteiger partial charge in [0.1, 0.15) is 0 Å². The Hall–Kier alpha value is -0.0800. The van der Waals surface area contributed by atoms with Crippen LogP contribution in [0.4, 0.5) is 0 Å². The predicted octanol–water partition coefficient (Wildman–Crippen LogP) is 3.50. The summed E-state index contributed by atoms with van der Waals surface area (Å²) in [4.78, 5) is 0. The topological polar surface area (TPSA) is 21.3 Å². The van der Waals surface area contributed by atoms with Crippen LogP contribution < -0.4 is 5.32 Å². The SMILES string of the molecule is CCOC1CC(NCC2(CC)CC2)C12CCCC2. The van der Waals surface area contributed by atoms with Crippen LogP contribution in [-0.2, 0) is 4.74 Å². The minimum absolute atomic E-state index is 0.514. The van der Waals surface area contributed by atoms with E-state index in [4.69, 9.17) is 4.74 Å². The molecule has 2 unspecified atom stereocenters. The summed E-state index contributed by atoms with van der Waals surface area (Å²) in [6.07, 6.45) is 11.7. The van der Waals surface area contributed by atoms with Gasteiger partial charge in [0.25, 0.3) is 0 Å². The third kappa shape index (κ3) is 2.02. The van der Waals surface area contributed by atoms with Gasteiger partial charge in [-0.15, -0.1) is 0 Å². The van der Waals surface area contributed by atoms with E-state index in [0.29, 0.717) is 16.9 Å². The average Bonchev–Trinajstić information content (AvgIpc) is 2.97. The molecule has 0 aliphatic heterocycles. The summed E-state index contributed by atoms with van der Waals surface area (Å²) < 4.78 is 5.98. The van der Waals surface area contributed by atoms with Crippen molar-refractivity contribution < 1.29 is 4.74 Å². The van der Waals surface area contributed by atoms with Crippen molar-refractivity contribution in [2.75, 3.05) is 13.2 Å². The molecule has 104 valence electrons. The number of ether oxygens (including phenoxy) is 1. The van der Waals surface area contributed by atoms with Crippen LogP contribution in [0.2, 0.25) is 0 Å². The van der Waals surface area contributed by atoms with Gasteiger partial charge in [-0.3, -0.25) is 0 Å². The molecule has 0 bridgehead atoms. The predicted molar refractivity (Wildman–Crippen MR) is 74.7 cm³/mol. The van der Waals surface area contributed by atoms with Gasteiger partial charge >= 0.3 is 0 Å². The molecule has 1 N–H and O–H groups in total. The van der Waals surface area contributed by atoms with E-state index in [1.54, 1.807) is 0 Å². The van der Waals surface area contributed by atoms with Crippen LogP contribution in [0.1, 0.15) is 65.2 Å². The zero-order valence-corrected chi connectivity index (χ0v) is 12.1. The quantitative estimate of drug-likeness (QED) is 0.780. The van der Waals surface area contributed by atoms with Crippen molar-refractivity contribution in [1.82, 2.24) is 5.32 Å². The van der Waals surface area contributed by atoms with E-state index in [-0.39, 0.29) is 0 Å². The lowest BCUT2D eigenvalue weighted by molar-refractivity contribution is -0.131. The molecule has 0 heterocycles. The number of rotatable bonds is 6. The molecule has 18 heavy (non-hydrogen) atoms. The van der Waals surface area contributed by atoms with Crippen LogP contribution in [0.5, 0.6) is 0 Å². The van der Waals surface area contributed by atoms with Gasteiger partial charge < -0.3 is 10.1 Å². The summed E-state index contributed by atoms with van der Waals surface area (Å²) in [7, 11) is 0. The maximum atomic E-state index is 5.98. The van der Waals surface area contributed by atoms with E-state index < -0.39 is 0 Å². The zero-order chi connectivity index (χ0) is 12.6. The van der Waals surface area contributed by atoms with Crippen LogP contribution in [0.15, 0.2) is 0 Å². The van der Waals surface area contributed by atoms with E-state index in [9.17, 15) is 0 Å². The molecular weight excluding hydrogens is 222 g/mol. The highest BCUT2D eigenvalue weighted by atomic mass is 16.5. The molecule has 0 aromatic carbocycles. The number of nitrogens with one attached hydrogen (secondary N) is 1. The van der Waals surface area contributed by atoms with Gasteiger partial charge in [-0.25, -0.2) is 0 Å². The largest absolute Gasteiger partial charge is 0.378 e. The molecule has 2 nitrogen and oxygen atoms in total. The lowest BCUT2D eigenvalue weighted by Crippen LogP contribution is -2.63. The van der Waals surface area contributed by atoms with Crippen molar-refractivity contribution in [2.24, 2.45) is 10.8 Å². The van der Waals surface area contributed by atoms with Gasteiger partial charge in [0.15, 0.2) is 0 Å². The molecule has 1 spiro atoms. The van der Waals surface area contributed by atoms with Gasteiger partial charge in [-0.2, -0.15) is 0 Å². The molecule has 3 aliphatic rings. The second kappa shape index (κ2) is 4.79. The molecule has 0 aromatic heterocycles. The Bertz CT molecular complexity index is 291. The van der Waals surface area contributed by atoms with Crippen molar-refractivity contribution in [3.05, 3.63) is 0 Å². The Labute approximate surface area is 112 Å². The second-order valence-electron chi connectivity index (χ2n) is 6.91. The highest BCUT2D eigenvalue weighted by Crippen LogP contribution is 2.55. The minimum Gasteiger partial charge on any atom is -0.378 e. The molecule has 2 heteroatoms. The van der Waals surface area contributed by atoms with Gasteiger partial charge in [0.2, 0.25) is 0 Å². The Morgan fingerprint density at radius 1 is 1.11 bits per heavy atom. The van der Waals surface area contributed by atoms with Crippen LogP contribution >= 0.6 is 0 Å². The maximum absolute atomic E-state index is 5.98. The molecule has 3 fully saturated rings. The Kier molecular flexibility index (Phi) is 3.44. The van der Waals surface area contributed by atoms with Crippen molar-refractivity contribution in [3.8, 4) is 0 Å². The number of hydrogen-bond donors (Lipinski definition) is 1. The van der Waals surface area contributed by atoms with Crippen LogP contribution in [0.25, 0.3) is 0 Å². The maximum Gasteiger partial charge on any atom is 0.0661 e. The molecule has 0 aromatic rings. The first kappa shape index (κ1) is 12.9. The van der Waals surface area contributed by atoms with Crippen molar-refractivity contribution in [1.29, 1.82) is 0 Å². The van der Waals surface area contributed by atoms with Crippen LogP contribution in [-0.4, -0.2) is 25.3 Å². The van der Waals surface area contributed by atoms with Crippen LogP contribution in [0, 0.1) is 10.8 Å². The van der Waals surface area contributed by atoms with E-state index in [1.807, 2.05) is 0 Å². The fourth-order valence-corrected chi connectivity index (χ4v) is 4.34.